The van der Waals surface area contributed by atoms with Crippen LogP contribution in [0.1, 0.15) is 28.7 Å². The molecule has 0 saturated carbocycles. The van der Waals surface area contributed by atoms with Gasteiger partial charge in [0, 0.05) is 25.2 Å². The van der Waals surface area contributed by atoms with Crippen LogP contribution in [-0.2, 0) is 10.3 Å². The summed E-state index contributed by atoms with van der Waals surface area (Å²) in [5.74, 6) is -0.0460. The number of aliphatic imine (C=N–C) groups is 1. The lowest BCUT2D eigenvalue weighted by atomic mass is 9.80. The Labute approximate surface area is 208 Å². The second-order valence-corrected chi connectivity index (χ2v) is 8.62. The third-order valence-electron chi connectivity index (χ3n) is 6.01. The van der Waals surface area contributed by atoms with Crippen molar-refractivity contribution in [1.82, 2.24) is 4.90 Å². The molecule has 0 spiro atoms. The van der Waals surface area contributed by atoms with E-state index in [0.29, 0.717) is 6.42 Å². The molecular formula is C32H30N2O. The Balaban J connectivity index is 2.00. The lowest BCUT2D eigenvalue weighted by Gasteiger charge is -2.32. The molecule has 1 amide bonds. The number of benzene rings is 4. The van der Waals surface area contributed by atoms with Crippen molar-refractivity contribution in [3.63, 3.8) is 0 Å². The minimum Gasteiger partial charge on any atom is -0.345 e. The zero-order valence-electron chi connectivity index (χ0n) is 20.2. The predicted molar refractivity (Wildman–Crippen MR) is 145 cm³/mol. The first-order valence-electron chi connectivity index (χ1n) is 11.8. The van der Waals surface area contributed by atoms with Crippen molar-refractivity contribution < 1.29 is 4.79 Å². The molecule has 0 aliphatic carbocycles. The lowest BCUT2D eigenvalue weighted by molar-refractivity contribution is -0.123. The van der Waals surface area contributed by atoms with Crippen molar-refractivity contribution in [2.24, 2.45) is 4.99 Å². The van der Waals surface area contributed by atoms with E-state index in [4.69, 9.17) is 4.99 Å². The monoisotopic (exact) mass is 458 g/mol. The Bertz CT molecular complexity index is 1200. The SMILES string of the molecule is CN(C)C(=O)/C=C/CC(N=C(c1ccccc1)c1ccccc1)(c1ccccc1)c1ccccc1. The van der Waals surface area contributed by atoms with Gasteiger partial charge >= 0.3 is 0 Å². The molecule has 0 aliphatic heterocycles. The van der Waals surface area contributed by atoms with Crippen LogP contribution >= 0.6 is 0 Å². The molecule has 0 radical (unpaired) electrons. The molecule has 4 aromatic rings. The van der Waals surface area contributed by atoms with Gasteiger partial charge in [-0.15, -0.1) is 0 Å². The topological polar surface area (TPSA) is 32.7 Å². The minimum atomic E-state index is -0.730. The van der Waals surface area contributed by atoms with Crippen molar-refractivity contribution in [2.75, 3.05) is 14.1 Å². The van der Waals surface area contributed by atoms with Gasteiger partial charge in [0.25, 0.3) is 0 Å². The maximum Gasteiger partial charge on any atom is 0.245 e. The average molecular weight is 459 g/mol. The number of carbonyl (C=O) groups is 1. The van der Waals surface area contributed by atoms with Crippen LogP contribution in [0.15, 0.2) is 138 Å². The Morgan fingerprint density at radius 2 is 1.09 bits per heavy atom. The van der Waals surface area contributed by atoms with Crippen LogP contribution in [0.4, 0.5) is 0 Å². The van der Waals surface area contributed by atoms with Crippen molar-refractivity contribution in [3.05, 3.63) is 156 Å². The van der Waals surface area contributed by atoms with Crippen molar-refractivity contribution in [1.29, 1.82) is 0 Å². The Morgan fingerprint density at radius 1 is 0.686 bits per heavy atom. The second-order valence-electron chi connectivity index (χ2n) is 8.62. The first kappa shape index (κ1) is 23.9. The maximum absolute atomic E-state index is 12.4. The van der Waals surface area contributed by atoms with Crippen LogP contribution in [0.5, 0.6) is 0 Å². The summed E-state index contributed by atoms with van der Waals surface area (Å²) in [7, 11) is 3.52. The fraction of sp³-hybridized carbons (Fsp3) is 0.125. The molecule has 0 N–H and O–H groups in total. The van der Waals surface area contributed by atoms with Crippen LogP contribution in [0, 0.1) is 0 Å². The maximum atomic E-state index is 12.4. The molecule has 0 atom stereocenters. The van der Waals surface area contributed by atoms with Crippen LogP contribution < -0.4 is 0 Å². The smallest absolute Gasteiger partial charge is 0.245 e. The normalized spacial score (nSPS) is 11.3. The number of rotatable bonds is 8. The Morgan fingerprint density at radius 3 is 1.49 bits per heavy atom. The second kappa shape index (κ2) is 11.3. The van der Waals surface area contributed by atoms with E-state index in [0.717, 1.165) is 28.0 Å². The van der Waals surface area contributed by atoms with Gasteiger partial charge in [-0.25, -0.2) is 0 Å². The molecule has 0 aliphatic rings. The highest BCUT2D eigenvalue weighted by molar-refractivity contribution is 6.13. The quantitative estimate of drug-likeness (QED) is 0.219. The van der Waals surface area contributed by atoms with Gasteiger partial charge < -0.3 is 4.90 Å². The average Bonchev–Trinajstić information content (AvgIpc) is 2.92. The van der Waals surface area contributed by atoms with Gasteiger partial charge in [-0.05, 0) is 23.6 Å². The third kappa shape index (κ3) is 5.64. The van der Waals surface area contributed by atoms with Crippen LogP contribution in [-0.4, -0.2) is 30.6 Å². The summed E-state index contributed by atoms with van der Waals surface area (Å²) in [5, 5.41) is 0. The van der Waals surface area contributed by atoms with Gasteiger partial charge in [-0.2, -0.15) is 0 Å². The summed E-state index contributed by atoms with van der Waals surface area (Å²) >= 11 is 0. The molecule has 0 saturated heterocycles. The summed E-state index contributed by atoms with van der Waals surface area (Å²) in [6.07, 6.45) is 4.12. The molecule has 0 unspecified atom stereocenters. The summed E-state index contributed by atoms with van der Waals surface area (Å²) in [5.41, 5.74) is 4.40. The van der Waals surface area contributed by atoms with E-state index in [2.05, 4.69) is 48.5 Å². The molecule has 0 heterocycles. The highest BCUT2D eigenvalue weighted by Gasteiger charge is 2.34. The standard InChI is InChI=1S/C32H30N2O/c1-34(2)30(35)24-15-25-32(28-20-11-5-12-21-28,29-22-13-6-14-23-29)33-31(26-16-7-3-8-17-26)27-18-9-4-10-19-27/h3-24H,25H2,1-2H3/b24-15+. The van der Waals surface area contributed by atoms with E-state index in [1.54, 1.807) is 25.1 Å². The van der Waals surface area contributed by atoms with Crippen LogP contribution in [0.25, 0.3) is 0 Å². The lowest BCUT2D eigenvalue weighted by Crippen LogP contribution is -2.28. The van der Waals surface area contributed by atoms with Crippen molar-refractivity contribution in [3.8, 4) is 0 Å². The Hall–Kier alpha value is -4.24. The third-order valence-corrected chi connectivity index (χ3v) is 6.01. The minimum absolute atomic E-state index is 0.0460. The number of carbonyl (C=O) groups excluding carboxylic acids is 1. The predicted octanol–water partition coefficient (Wildman–Crippen LogP) is 6.50. The number of hydrogen-bond donors (Lipinski definition) is 0. The fourth-order valence-electron chi connectivity index (χ4n) is 4.16. The van der Waals surface area contributed by atoms with Gasteiger partial charge in [0.15, 0.2) is 0 Å². The molecular weight excluding hydrogens is 428 g/mol. The van der Waals surface area contributed by atoms with E-state index in [9.17, 15) is 4.79 Å². The van der Waals surface area contributed by atoms with E-state index in [-0.39, 0.29) is 5.91 Å². The number of amides is 1. The summed E-state index contributed by atoms with van der Waals surface area (Å²) in [6.45, 7) is 0. The summed E-state index contributed by atoms with van der Waals surface area (Å²) < 4.78 is 0. The molecule has 0 fully saturated rings. The zero-order chi connectivity index (χ0) is 24.5. The fourth-order valence-corrected chi connectivity index (χ4v) is 4.16. The van der Waals surface area contributed by atoms with E-state index in [1.807, 2.05) is 78.9 Å². The molecule has 0 bridgehead atoms. The van der Waals surface area contributed by atoms with Gasteiger partial charge in [0.2, 0.25) is 5.91 Å². The Kier molecular flexibility index (Phi) is 7.69. The van der Waals surface area contributed by atoms with Gasteiger partial charge in [-0.3, -0.25) is 9.79 Å². The van der Waals surface area contributed by atoms with E-state index < -0.39 is 5.54 Å². The number of hydrogen-bond acceptors (Lipinski definition) is 2. The van der Waals surface area contributed by atoms with Crippen molar-refractivity contribution >= 4 is 11.6 Å². The molecule has 3 heteroatoms. The summed E-state index contributed by atoms with van der Waals surface area (Å²) in [6, 6.07) is 41.2. The van der Waals surface area contributed by atoms with E-state index >= 15 is 0 Å². The van der Waals surface area contributed by atoms with Gasteiger partial charge in [0.1, 0.15) is 5.54 Å². The molecule has 174 valence electrons. The van der Waals surface area contributed by atoms with Gasteiger partial charge in [0.05, 0.1) is 5.71 Å². The molecule has 3 nitrogen and oxygen atoms in total. The molecule has 0 aromatic heterocycles. The van der Waals surface area contributed by atoms with Gasteiger partial charge in [-0.1, -0.05) is 127 Å². The number of nitrogens with zero attached hydrogens (tertiary/aromatic N) is 2. The first-order chi connectivity index (χ1) is 17.1. The largest absolute Gasteiger partial charge is 0.345 e. The zero-order valence-corrected chi connectivity index (χ0v) is 20.2. The molecule has 35 heavy (non-hydrogen) atoms. The van der Waals surface area contributed by atoms with Crippen LogP contribution in [0.2, 0.25) is 0 Å². The van der Waals surface area contributed by atoms with E-state index in [1.165, 1.54) is 0 Å². The highest BCUT2D eigenvalue weighted by atomic mass is 16.2. The highest BCUT2D eigenvalue weighted by Crippen LogP contribution is 2.39. The first-order valence-corrected chi connectivity index (χ1v) is 11.8. The number of likely N-dealkylation sites (N-methyl/N-ethyl adjacent to an activating group) is 1. The molecule has 4 aromatic carbocycles. The molecule has 4 rings (SSSR count). The van der Waals surface area contributed by atoms with Crippen molar-refractivity contribution in [2.45, 2.75) is 12.0 Å². The summed E-state index contributed by atoms with van der Waals surface area (Å²) in [4.78, 5) is 19.5. The van der Waals surface area contributed by atoms with Crippen LogP contribution in [0.3, 0.4) is 0 Å².